The van der Waals surface area contributed by atoms with Gasteiger partial charge in [0.2, 0.25) is 0 Å². The summed E-state index contributed by atoms with van der Waals surface area (Å²) in [5.74, 6) is -0.188. The average molecular weight is 326 g/mol. The Morgan fingerprint density at radius 3 is 2.83 bits per heavy atom. The van der Waals surface area contributed by atoms with Crippen LogP contribution in [0.5, 0.6) is 0 Å². The van der Waals surface area contributed by atoms with Gasteiger partial charge in [0, 0.05) is 11.0 Å². The number of imide groups is 1. The van der Waals surface area contributed by atoms with Gasteiger partial charge in [0.05, 0.1) is 4.91 Å². The molecule has 0 N–H and O–H groups in total. The third kappa shape index (κ3) is 2.84. The zero-order valence-electron chi connectivity index (χ0n) is 9.85. The molecule has 1 fully saturated rings. The first kappa shape index (κ1) is 13.4. The highest BCUT2D eigenvalue weighted by Crippen LogP contribution is 2.32. The maximum atomic E-state index is 12.0. The summed E-state index contributed by atoms with van der Waals surface area (Å²) in [5.41, 5.74) is 0.909. The first-order valence-electron chi connectivity index (χ1n) is 5.62. The van der Waals surface area contributed by atoms with E-state index in [0.717, 1.165) is 28.2 Å². The lowest BCUT2D eigenvalue weighted by molar-refractivity contribution is -0.122. The highest BCUT2D eigenvalue weighted by atomic mass is 79.9. The van der Waals surface area contributed by atoms with E-state index in [4.69, 9.17) is 0 Å². The Morgan fingerprint density at radius 1 is 1.39 bits per heavy atom. The summed E-state index contributed by atoms with van der Waals surface area (Å²) >= 11 is 4.38. The highest BCUT2D eigenvalue weighted by molar-refractivity contribution is 9.10. The minimum atomic E-state index is -0.188. The number of benzene rings is 1. The van der Waals surface area contributed by atoms with Crippen LogP contribution in [0.4, 0.5) is 4.79 Å². The predicted octanol–water partition coefficient (Wildman–Crippen LogP) is 3.90. The molecule has 94 valence electrons. The van der Waals surface area contributed by atoms with Crippen LogP contribution in [0.15, 0.2) is 33.6 Å². The van der Waals surface area contributed by atoms with Gasteiger partial charge in [-0.2, -0.15) is 0 Å². The lowest BCUT2D eigenvalue weighted by atomic mass is 10.2. The maximum absolute atomic E-state index is 12.0. The van der Waals surface area contributed by atoms with Crippen molar-refractivity contribution in [3.63, 3.8) is 0 Å². The van der Waals surface area contributed by atoms with Crippen molar-refractivity contribution >= 4 is 44.9 Å². The van der Waals surface area contributed by atoms with Crippen molar-refractivity contribution < 1.29 is 9.59 Å². The third-order valence-electron chi connectivity index (χ3n) is 2.47. The summed E-state index contributed by atoms with van der Waals surface area (Å²) in [5, 5.41) is -0.178. The van der Waals surface area contributed by atoms with Crippen LogP contribution in [-0.4, -0.2) is 22.6 Å². The molecule has 2 amide bonds. The zero-order chi connectivity index (χ0) is 13.1. The molecule has 0 aliphatic carbocycles. The van der Waals surface area contributed by atoms with Gasteiger partial charge in [-0.3, -0.25) is 14.5 Å². The Kier molecular flexibility index (Phi) is 4.24. The van der Waals surface area contributed by atoms with Crippen molar-refractivity contribution in [2.45, 2.75) is 13.3 Å². The lowest BCUT2D eigenvalue weighted by Gasteiger charge is -2.09. The molecule has 0 unspecified atom stereocenters. The van der Waals surface area contributed by atoms with Gasteiger partial charge in [0.1, 0.15) is 0 Å². The monoisotopic (exact) mass is 325 g/mol. The summed E-state index contributed by atoms with van der Waals surface area (Å²) in [7, 11) is 0. The highest BCUT2D eigenvalue weighted by Gasteiger charge is 2.34. The number of nitrogens with zero attached hydrogens (tertiary/aromatic N) is 1. The molecule has 0 bridgehead atoms. The third-order valence-corrected chi connectivity index (χ3v) is 3.87. The van der Waals surface area contributed by atoms with E-state index in [1.165, 1.54) is 4.90 Å². The van der Waals surface area contributed by atoms with Gasteiger partial charge in [-0.15, -0.1) is 0 Å². The Balaban J connectivity index is 2.25. The number of hydrogen-bond donors (Lipinski definition) is 0. The second-order valence-electron chi connectivity index (χ2n) is 3.89. The van der Waals surface area contributed by atoms with Gasteiger partial charge in [-0.05, 0) is 42.0 Å². The minimum Gasteiger partial charge on any atom is -0.268 e. The number of thioether (sulfide) groups is 1. The topological polar surface area (TPSA) is 37.4 Å². The molecular formula is C13H12BrNO2S. The average Bonchev–Trinajstić information content (AvgIpc) is 2.57. The van der Waals surface area contributed by atoms with Crippen molar-refractivity contribution in [2.75, 3.05) is 6.54 Å². The number of carbonyl (C=O) groups is 2. The number of amides is 2. The molecule has 0 spiro atoms. The fraction of sp³-hybridized carbons (Fsp3) is 0.231. The molecule has 0 atom stereocenters. The predicted molar refractivity (Wildman–Crippen MR) is 77.1 cm³/mol. The van der Waals surface area contributed by atoms with Gasteiger partial charge in [-0.1, -0.05) is 35.0 Å². The molecule has 1 aromatic rings. The molecule has 0 aromatic heterocycles. The second-order valence-corrected chi connectivity index (χ2v) is 5.80. The van der Waals surface area contributed by atoms with E-state index in [1.54, 1.807) is 6.08 Å². The van der Waals surface area contributed by atoms with Gasteiger partial charge in [0.15, 0.2) is 0 Å². The SMILES string of the molecule is CCCN1C(=O)S/C(=C/c2cccc(Br)c2)C1=O. The van der Waals surface area contributed by atoms with Gasteiger partial charge in [-0.25, -0.2) is 0 Å². The molecule has 0 radical (unpaired) electrons. The van der Waals surface area contributed by atoms with E-state index in [2.05, 4.69) is 15.9 Å². The second kappa shape index (κ2) is 5.71. The standard InChI is InChI=1S/C13H12BrNO2S/c1-2-6-15-12(16)11(18-13(15)17)8-9-4-3-5-10(14)7-9/h3-5,7-8H,2,6H2,1H3/b11-8+. The largest absolute Gasteiger partial charge is 0.293 e. The van der Waals surface area contributed by atoms with E-state index >= 15 is 0 Å². The molecule has 1 aliphatic heterocycles. The van der Waals surface area contributed by atoms with Crippen LogP contribution < -0.4 is 0 Å². The van der Waals surface area contributed by atoms with E-state index in [9.17, 15) is 9.59 Å². The Morgan fingerprint density at radius 2 is 2.17 bits per heavy atom. The minimum absolute atomic E-state index is 0.178. The van der Waals surface area contributed by atoms with Gasteiger partial charge < -0.3 is 0 Å². The van der Waals surface area contributed by atoms with Crippen molar-refractivity contribution in [3.05, 3.63) is 39.2 Å². The summed E-state index contributed by atoms with van der Waals surface area (Å²) in [6, 6.07) is 7.62. The van der Waals surface area contributed by atoms with Gasteiger partial charge >= 0.3 is 0 Å². The summed E-state index contributed by atoms with van der Waals surface area (Å²) in [6.45, 7) is 2.43. The van der Waals surface area contributed by atoms with Crippen molar-refractivity contribution in [1.82, 2.24) is 4.90 Å². The van der Waals surface area contributed by atoms with Crippen molar-refractivity contribution in [2.24, 2.45) is 0 Å². The first-order chi connectivity index (χ1) is 8.61. The van der Waals surface area contributed by atoms with Crippen LogP contribution in [-0.2, 0) is 4.79 Å². The number of hydrogen-bond acceptors (Lipinski definition) is 3. The van der Waals surface area contributed by atoms with Crippen molar-refractivity contribution in [1.29, 1.82) is 0 Å². The van der Waals surface area contributed by atoms with Crippen LogP contribution in [0, 0.1) is 0 Å². The summed E-state index contributed by atoms with van der Waals surface area (Å²) in [4.78, 5) is 25.5. The molecule has 5 heteroatoms. The Labute approximate surface area is 118 Å². The normalized spacial score (nSPS) is 17.9. The number of rotatable bonds is 3. The van der Waals surface area contributed by atoms with Crippen LogP contribution in [0.3, 0.4) is 0 Å². The maximum Gasteiger partial charge on any atom is 0.293 e. The van der Waals surface area contributed by atoms with Crippen LogP contribution in [0.2, 0.25) is 0 Å². The van der Waals surface area contributed by atoms with Crippen molar-refractivity contribution in [3.8, 4) is 0 Å². The molecule has 3 nitrogen and oxygen atoms in total. The van der Waals surface area contributed by atoms with Crippen LogP contribution in [0.25, 0.3) is 6.08 Å². The molecule has 1 saturated heterocycles. The molecule has 1 heterocycles. The first-order valence-corrected chi connectivity index (χ1v) is 7.23. The molecule has 0 saturated carbocycles. The molecule has 2 rings (SSSR count). The number of carbonyl (C=O) groups excluding carboxylic acids is 2. The number of halogens is 1. The fourth-order valence-electron chi connectivity index (χ4n) is 1.66. The van der Waals surface area contributed by atoms with E-state index in [1.807, 2.05) is 31.2 Å². The zero-order valence-corrected chi connectivity index (χ0v) is 12.3. The molecular weight excluding hydrogens is 314 g/mol. The van der Waals surface area contributed by atoms with E-state index in [0.29, 0.717) is 11.4 Å². The van der Waals surface area contributed by atoms with Crippen LogP contribution in [0.1, 0.15) is 18.9 Å². The van der Waals surface area contributed by atoms with Crippen LogP contribution >= 0.6 is 27.7 Å². The molecule has 1 aromatic carbocycles. The molecule has 18 heavy (non-hydrogen) atoms. The quantitative estimate of drug-likeness (QED) is 0.791. The molecule has 1 aliphatic rings. The Hall–Kier alpha value is -1.07. The van der Waals surface area contributed by atoms with E-state index < -0.39 is 0 Å². The lowest BCUT2D eigenvalue weighted by Crippen LogP contribution is -2.28. The fourth-order valence-corrected chi connectivity index (χ4v) is 2.95. The Bertz CT molecular complexity index is 527. The van der Waals surface area contributed by atoms with Gasteiger partial charge in [0.25, 0.3) is 11.1 Å². The summed E-state index contributed by atoms with van der Waals surface area (Å²) < 4.78 is 0.948. The smallest absolute Gasteiger partial charge is 0.268 e. The summed E-state index contributed by atoms with van der Waals surface area (Å²) in [6.07, 6.45) is 2.54. The van der Waals surface area contributed by atoms with E-state index in [-0.39, 0.29) is 11.1 Å².